The van der Waals surface area contributed by atoms with Gasteiger partial charge in [-0.25, -0.2) is 4.98 Å². The van der Waals surface area contributed by atoms with Crippen LogP contribution in [0.2, 0.25) is 0 Å². The molecule has 4 rings (SSSR count). The van der Waals surface area contributed by atoms with Gasteiger partial charge in [0, 0.05) is 18.8 Å². The number of halogens is 3. The van der Waals surface area contributed by atoms with Crippen molar-refractivity contribution in [2.75, 3.05) is 0 Å². The van der Waals surface area contributed by atoms with Gasteiger partial charge in [0.25, 0.3) is 0 Å². The number of hydrogen-bond donors (Lipinski definition) is 0. The Hall–Kier alpha value is -3.88. The van der Waals surface area contributed by atoms with E-state index >= 15 is 0 Å². The summed E-state index contributed by atoms with van der Waals surface area (Å²) in [7, 11) is 0. The Bertz CT molecular complexity index is 1240. The van der Waals surface area contributed by atoms with E-state index in [0.29, 0.717) is 17.1 Å². The first-order valence-electron chi connectivity index (χ1n) is 11.2. The molecule has 0 unspecified atom stereocenters. The molecule has 0 fully saturated rings. The fourth-order valence-corrected chi connectivity index (χ4v) is 3.43. The third kappa shape index (κ3) is 7.30. The summed E-state index contributed by atoms with van der Waals surface area (Å²) in [4.78, 5) is 4.32. The Morgan fingerprint density at radius 3 is 2.46 bits per heavy atom. The predicted molar refractivity (Wildman–Crippen MR) is 125 cm³/mol. The van der Waals surface area contributed by atoms with Crippen LogP contribution in [0.15, 0.2) is 65.4 Å². The van der Waals surface area contributed by atoms with Crippen LogP contribution in [-0.4, -0.2) is 20.0 Å². The van der Waals surface area contributed by atoms with Crippen LogP contribution in [0.1, 0.15) is 46.8 Å². The maximum Gasteiger partial charge on any atom is 0.416 e. The molecule has 0 aliphatic carbocycles. The van der Waals surface area contributed by atoms with Gasteiger partial charge in [-0.15, -0.1) is 5.10 Å². The molecule has 182 valence electrons. The van der Waals surface area contributed by atoms with E-state index < -0.39 is 11.7 Å². The smallest absolute Gasteiger partial charge is 0.416 e. The largest absolute Gasteiger partial charge is 0.487 e. The minimum Gasteiger partial charge on any atom is -0.487 e. The number of oxazole rings is 1. The summed E-state index contributed by atoms with van der Waals surface area (Å²) in [5.74, 6) is 1.08. The second kappa shape index (κ2) is 11.0. The van der Waals surface area contributed by atoms with Crippen molar-refractivity contribution in [1.82, 2.24) is 20.0 Å². The highest BCUT2D eigenvalue weighted by Gasteiger charge is 2.29. The van der Waals surface area contributed by atoms with Crippen molar-refractivity contribution in [2.45, 2.75) is 45.5 Å². The summed E-state index contributed by atoms with van der Waals surface area (Å²) in [5, 5.41) is 8.04. The fraction of sp³-hybridized carbons (Fsp3) is 0.269. The van der Waals surface area contributed by atoms with Gasteiger partial charge >= 0.3 is 6.18 Å². The summed E-state index contributed by atoms with van der Waals surface area (Å²) in [6.45, 7) is 3.04. The molecule has 9 heteroatoms. The molecule has 0 radical (unpaired) electrons. The molecule has 0 spiro atoms. The van der Waals surface area contributed by atoms with Crippen LogP contribution in [0.25, 0.3) is 12.2 Å². The Balaban J connectivity index is 1.20. The van der Waals surface area contributed by atoms with Crippen LogP contribution in [-0.2, 0) is 25.7 Å². The molecule has 0 saturated carbocycles. The van der Waals surface area contributed by atoms with Gasteiger partial charge in [0.05, 0.1) is 11.3 Å². The standard InChI is InChI=1S/C26H25F3N4O2/c1-19-16-33(32-31-19)15-3-2-4-20-7-12-24(13-8-20)34-17-23-18-35-25(30-23)14-9-21-5-10-22(11-6-21)26(27,28)29/h5-14,16,18H,2-4,15,17H2,1H3/b14-9+. The molecule has 0 N–H and O–H groups in total. The molecule has 0 atom stereocenters. The van der Waals surface area contributed by atoms with E-state index in [1.54, 1.807) is 12.2 Å². The number of aromatic nitrogens is 4. The molecule has 2 heterocycles. The Labute approximate surface area is 201 Å². The van der Waals surface area contributed by atoms with E-state index in [1.807, 2.05) is 29.9 Å². The minimum absolute atomic E-state index is 0.244. The van der Waals surface area contributed by atoms with Crippen molar-refractivity contribution in [1.29, 1.82) is 0 Å². The number of nitrogens with zero attached hydrogens (tertiary/aromatic N) is 4. The van der Waals surface area contributed by atoms with Crippen molar-refractivity contribution in [3.05, 3.63) is 95.0 Å². The van der Waals surface area contributed by atoms with Crippen LogP contribution in [0.3, 0.4) is 0 Å². The first kappa shape index (κ1) is 24.3. The molecule has 0 amide bonds. The monoisotopic (exact) mass is 482 g/mol. The van der Waals surface area contributed by atoms with Crippen molar-refractivity contribution in [3.8, 4) is 5.75 Å². The van der Waals surface area contributed by atoms with E-state index in [0.717, 1.165) is 49.4 Å². The van der Waals surface area contributed by atoms with Crippen molar-refractivity contribution >= 4 is 12.2 Å². The first-order chi connectivity index (χ1) is 16.8. The lowest BCUT2D eigenvalue weighted by molar-refractivity contribution is -0.137. The predicted octanol–water partition coefficient (Wildman–Crippen LogP) is 6.37. The topological polar surface area (TPSA) is 66.0 Å². The lowest BCUT2D eigenvalue weighted by atomic mass is 10.1. The summed E-state index contributed by atoms with van der Waals surface area (Å²) >= 11 is 0. The second-order valence-corrected chi connectivity index (χ2v) is 8.14. The van der Waals surface area contributed by atoms with Crippen LogP contribution in [0.5, 0.6) is 5.75 Å². The number of benzene rings is 2. The van der Waals surface area contributed by atoms with Gasteiger partial charge < -0.3 is 9.15 Å². The lowest BCUT2D eigenvalue weighted by Gasteiger charge is -2.06. The molecule has 4 aromatic rings. The third-order valence-electron chi connectivity index (χ3n) is 5.29. The Morgan fingerprint density at radius 1 is 1.00 bits per heavy atom. The lowest BCUT2D eigenvalue weighted by Crippen LogP contribution is -2.03. The molecule has 0 aliphatic rings. The van der Waals surface area contributed by atoms with Gasteiger partial charge in [0.15, 0.2) is 0 Å². The summed E-state index contributed by atoms with van der Waals surface area (Å²) in [6, 6.07) is 12.8. The highest BCUT2D eigenvalue weighted by atomic mass is 19.4. The van der Waals surface area contributed by atoms with Gasteiger partial charge in [-0.1, -0.05) is 29.5 Å². The molecule has 0 saturated heterocycles. The van der Waals surface area contributed by atoms with Crippen molar-refractivity contribution in [2.24, 2.45) is 0 Å². The molecule has 6 nitrogen and oxygen atoms in total. The second-order valence-electron chi connectivity index (χ2n) is 8.14. The maximum absolute atomic E-state index is 12.6. The molecule has 2 aromatic heterocycles. The molecular formula is C26H25F3N4O2. The Morgan fingerprint density at radius 2 is 1.77 bits per heavy atom. The van der Waals surface area contributed by atoms with Crippen LogP contribution in [0, 0.1) is 6.92 Å². The van der Waals surface area contributed by atoms with Gasteiger partial charge in [-0.3, -0.25) is 4.68 Å². The third-order valence-corrected chi connectivity index (χ3v) is 5.29. The number of ether oxygens (including phenoxy) is 1. The van der Waals surface area contributed by atoms with E-state index in [2.05, 4.69) is 27.4 Å². The normalized spacial score (nSPS) is 11.9. The quantitative estimate of drug-likeness (QED) is 0.246. The maximum atomic E-state index is 12.6. The van der Waals surface area contributed by atoms with E-state index in [9.17, 15) is 13.2 Å². The zero-order chi connectivity index (χ0) is 24.7. The minimum atomic E-state index is -4.35. The van der Waals surface area contributed by atoms with E-state index in [4.69, 9.17) is 9.15 Å². The van der Waals surface area contributed by atoms with Gasteiger partial charge in [-0.05, 0) is 67.7 Å². The van der Waals surface area contributed by atoms with Gasteiger partial charge in [0.2, 0.25) is 5.89 Å². The van der Waals surface area contributed by atoms with Gasteiger partial charge in [-0.2, -0.15) is 13.2 Å². The van der Waals surface area contributed by atoms with E-state index in [-0.39, 0.29) is 6.61 Å². The molecule has 0 bridgehead atoms. The van der Waals surface area contributed by atoms with Crippen LogP contribution in [0.4, 0.5) is 13.2 Å². The average Bonchev–Trinajstić information content (AvgIpc) is 3.48. The molecule has 0 aliphatic heterocycles. The van der Waals surface area contributed by atoms with Crippen molar-refractivity contribution < 1.29 is 22.3 Å². The summed E-state index contributed by atoms with van der Waals surface area (Å²) in [5.41, 5.74) is 2.71. The van der Waals surface area contributed by atoms with E-state index in [1.165, 1.54) is 24.0 Å². The van der Waals surface area contributed by atoms with Crippen molar-refractivity contribution in [3.63, 3.8) is 0 Å². The number of unbranched alkanes of at least 4 members (excludes halogenated alkanes) is 1. The zero-order valence-electron chi connectivity index (χ0n) is 19.2. The number of rotatable bonds is 10. The Kier molecular flexibility index (Phi) is 7.64. The number of alkyl halides is 3. The zero-order valence-corrected chi connectivity index (χ0v) is 19.2. The average molecular weight is 483 g/mol. The van der Waals surface area contributed by atoms with Crippen LogP contribution >= 0.6 is 0 Å². The van der Waals surface area contributed by atoms with Crippen LogP contribution < -0.4 is 4.74 Å². The first-order valence-corrected chi connectivity index (χ1v) is 11.2. The van der Waals surface area contributed by atoms with Gasteiger partial charge in [0.1, 0.15) is 24.3 Å². The number of hydrogen-bond acceptors (Lipinski definition) is 5. The highest BCUT2D eigenvalue weighted by Crippen LogP contribution is 2.29. The summed E-state index contributed by atoms with van der Waals surface area (Å²) in [6.07, 6.45) is 5.40. The highest BCUT2D eigenvalue weighted by molar-refractivity contribution is 5.66. The summed E-state index contributed by atoms with van der Waals surface area (Å²) < 4.78 is 51.0. The SMILES string of the molecule is Cc1cn(CCCCc2ccc(OCc3coc(/C=C/c4ccc(C(F)(F)F)cc4)n3)cc2)nn1. The molecule has 35 heavy (non-hydrogen) atoms. The molecular weight excluding hydrogens is 457 g/mol. The fourth-order valence-electron chi connectivity index (χ4n) is 3.43. The number of aryl methyl sites for hydroxylation is 3. The molecule has 2 aromatic carbocycles.